The molecule has 2 N–H and O–H groups in total. The van der Waals surface area contributed by atoms with E-state index in [4.69, 9.17) is 9.94 Å². The Morgan fingerprint density at radius 1 is 1.14 bits per heavy atom. The highest BCUT2D eigenvalue weighted by Gasteiger charge is 2.09. The highest BCUT2D eigenvalue weighted by Crippen LogP contribution is 2.18. The van der Waals surface area contributed by atoms with Crippen LogP contribution in [0.1, 0.15) is 32.1 Å². The number of benzene rings is 1. The minimum Gasteiger partial charge on any atom is -0.494 e. The van der Waals surface area contributed by atoms with Crippen LogP contribution in [0, 0.1) is 0 Å². The molecule has 1 heterocycles. The Balaban J connectivity index is 1.54. The summed E-state index contributed by atoms with van der Waals surface area (Å²) in [7, 11) is 0. The average molecular weight is 291 g/mol. The molecule has 1 aliphatic rings. The lowest BCUT2D eigenvalue weighted by Crippen LogP contribution is -2.20. The summed E-state index contributed by atoms with van der Waals surface area (Å²) in [6.07, 6.45) is 7.57. The van der Waals surface area contributed by atoms with Crippen molar-refractivity contribution in [2.24, 2.45) is 4.99 Å². The lowest BCUT2D eigenvalue weighted by molar-refractivity contribution is 0.240. The van der Waals surface area contributed by atoms with Crippen molar-refractivity contribution < 1.29 is 9.94 Å². The Bertz CT molecular complexity index is 414. The van der Waals surface area contributed by atoms with Gasteiger partial charge in [-0.25, -0.2) is 4.99 Å². The first-order valence-corrected chi connectivity index (χ1v) is 7.76. The van der Waals surface area contributed by atoms with Crippen molar-refractivity contribution in [3.8, 4) is 5.75 Å². The SMILES string of the molecule is ONC=Nc1ccc(OCCCCCN2CCCC2)cc1. The van der Waals surface area contributed by atoms with Crippen LogP contribution in [-0.4, -0.2) is 42.7 Å². The molecule has 1 aromatic carbocycles. The Kier molecular flexibility index (Phi) is 7.04. The number of nitrogens with one attached hydrogen (secondary N) is 1. The molecule has 116 valence electrons. The van der Waals surface area contributed by atoms with E-state index in [9.17, 15) is 0 Å². The molecule has 0 aliphatic carbocycles. The normalized spacial score (nSPS) is 15.7. The summed E-state index contributed by atoms with van der Waals surface area (Å²) in [5.41, 5.74) is 2.65. The van der Waals surface area contributed by atoms with Crippen molar-refractivity contribution in [1.82, 2.24) is 10.4 Å². The van der Waals surface area contributed by atoms with Crippen LogP contribution in [-0.2, 0) is 0 Å². The van der Waals surface area contributed by atoms with E-state index in [0.717, 1.165) is 24.5 Å². The van der Waals surface area contributed by atoms with Crippen molar-refractivity contribution in [1.29, 1.82) is 0 Å². The zero-order chi connectivity index (χ0) is 14.8. The fraction of sp³-hybridized carbons (Fsp3) is 0.562. The Morgan fingerprint density at radius 3 is 2.62 bits per heavy atom. The number of aliphatic imine (C=N–C) groups is 1. The molecule has 1 fully saturated rings. The van der Waals surface area contributed by atoms with E-state index in [-0.39, 0.29) is 0 Å². The van der Waals surface area contributed by atoms with Gasteiger partial charge in [-0.1, -0.05) is 0 Å². The second-order valence-corrected chi connectivity index (χ2v) is 5.34. The van der Waals surface area contributed by atoms with Crippen molar-refractivity contribution in [2.75, 3.05) is 26.2 Å². The molecular weight excluding hydrogens is 266 g/mol. The molecule has 2 rings (SSSR count). The Hall–Kier alpha value is -1.59. The second kappa shape index (κ2) is 9.37. The first kappa shape index (κ1) is 15.8. The molecule has 0 amide bonds. The van der Waals surface area contributed by atoms with Crippen molar-refractivity contribution in [3.05, 3.63) is 24.3 Å². The van der Waals surface area contributed by atoms with E-state index in [1.165, 1.54) is 51.7 Å². The summed E-state index contributed by atoms with van der Waals surface area (Å²) < 4.78 is 5.71. The molecule has 21 heavy (non-hydrogen) atoms. The number of hydrogen-bond donors (Lipinski definition) is 2. The summed E-state index contributed by atoms with van der Waals surface area (Å²) in [5, 5.41) is 8.41. The summed E-state index contributed by atoms with van der Waals surface area (Å²) in [4.78, 5) is 6.53. The van der Waals surface area contributed by atoms with Crippen LogP contribution in [0.15, 0.2) is 29.3 Å². The van der Waals surface area contributed by atoms with Crippen molar-refractivity contribution in [2.45, 2.75) is 32.1 Å². The van der Waals surface area contributed by atoms with Gasteiger partial charge in [0.2, 0.25) is 0 Å². The maximum absolute atomic E-state index is 8.41. The van der Waals surface area contributed by atoms with Crippen LogP contribution in [0.3, 0.4) is 0 Å². The molecule has 1 aromatic rings. The largest absolute Gasteiger partial charge is 0.494 e. The lowest BCUT2D eigenvalue weighted by atomic mass is 10.2. The quantitative estimate of drug-likeness (QED) is 0.318. The molecule has 5 heteroatoms. The number of hydroxylamine groups is 1. The first-order chi connectivity index (χ1) is 10.4. The van der Waals surface area contributed by atoms with Gasteiger partial charge in [-0.15, -0.1) is 0 Å². The minimum atomic E-state index is 0.765. The van der Waals surface area contributed by atoms with Gasteiger partial charge in [-0.3, -0.25) is 10.7 Å². The zero-order valence-electron chi connectivity index (χ0n) is 12.5. The Labute approximate surface area is 126 Å². The van der Waals surface area contributed by atoms with E-state index in [1.54, 1.807) is 0 Å². The van der Waals surface area contributed by atoms with Crippen LogP contribution in [0.2, 0.25) is 0 Å². The van der Waals surface area contributed by atoms with Crippen LogP contribution in [0.5, 0.6) is 5.75 Å². The predicted octanol–water partition coefficient (Wildman–Crippen LogP) is 2.97. The number of rotatable bonds is 9. The molecule has 0 unspecified atom stereocenters. The van der Waals surface area contributed by atoms with E-state index in [2.05, 4.69) is 9.89 Å². The van der Waals surface area contributed by atoms with Gasteiger partial charge in [-0.05, 0) is 76.0 Å². The average Bonchev–Trinajstić information content (AvgIpc) is 3.03. The van der Waals surface area contributed by atoms with Gasteiger partial charge in [0, 0.05) is 0 Å². The van der Waals surface area contributed by atoms with Gasteiger partial charge in [0.25, 0.3) is 0 Å². The fourth-order valence-corrected chi connectivity index (χ4v) is 2.54. The zero-order valence-corrected chi connectivity index (χ0v) is 12.5. The van der Waals surface area contributed by atoms with E-state index in [0.29, 0.717) is 0 Å². The molecule has 0 radical (unpaired) electrons. The topological polar surface area (TPSA) is 57.1 Å². The van der Waals surface area contributed by atoms with Crippen LogP contribution in [0.4, 0.5) is 5.69 Å². The molecule has 0 bridgehead atoms. The van der Waals surface area contributed by atoms with E-state index < -0.39 is 0 Å². The van der Waals surface area contributed by atoms with Crippen molar-refractivity contribution >= 4 is 12.0 Å². The van der Waals surface area contributed by atoms with Gasteiger partial charge in [0.1, 0.15) is 12.1 Å². The summed E-state index contributed by atoms with van der Waals surface area (Å²) in [5.74, 6) is 0.866. The predicted molar refractivity (Wildman–Crippen MR) is 84.5 cm³/mol. The molecule has 1 saturated heterocycles. The number of nitrogens with zero attached hydrogens (tertiary/aromatic N) is 2. The molecule has 0 saturated carbocycles. The van der Waals surface area contributed by atoms with E-state index in [1.807, 2.05) is 29.7 Å². The molecule has 0 atom stereocenters. The highest BCUT2D eigenvalue weighted by atomic mass is 16.5. The third-order valence-electron chi connectivity index (χ3n) is 3.69. The first-order valence-electron chi connectivity index (χ1n) is 7.76. The van der Waals surface area contributed by atoms with E-state index >= 15 is 0 Å². The summed E-state index contributed by atoms with van der Waals surface area (Å²) in [6.45, 7) is 4.58. The third kappa shape index (κ3) is 6.14. The number of unbranched alkanes of at least 4 members (excludes halogenated alkanes) is 2. The van der Waals surface area contributed by atoms with Gasteiger partial charge in [-0.2, -0.15) is 0 Å². The Morgan fingerprint density at radius 2 is 1.90 bits per heavy atom. The molecule has 0 aromatic heterocycles. The standard InChI is InChI=1S/C16H25N3O2/c20-18-14-17-15-6-8-16(9-7-15)21-13-5-1-2-10-19-11-3-4-12-19/h6-9,14,20H,1-5,10-13H2,(H,17,18). The summed E-state index contributed by atoms with van der Waals surface area (Å²) in [6, 6.07) is 7.51. The summed E-state index contributed by atoms with van der Waals surface area (Å²) >= 11 is 0. The van der Waals surface area contributed by atoms with Gasteiger partial charge < -0.3 is 9.64 Å². The molecule has 5 nitrogen and oxygen atoms in total. The second-order valence-electron chi connectivity index (χ2n) is 5.34. The van der Waals surface area contributed by atoms with Gasteiger partial charge >= 0.3 is 0 Å². The number of hydrogen-bond acceptors (Lipinski definition) is 4. The maximum Gasteiger partial charge on any atom is 0.119 e. The highest BCUT2D eigenvalue weighted by molar-refractivity contribution is 5.59. The number of likely N-dealkylation sites (tertiary alicyclic amines) is 1. The maximum atomic E-state index is 8.41. The van der Waals surface area contributed by atoms with Crippen molar-refractivity contribution in [3.63, 3.8) is 0 Å². The monoisotopic (exact) mass is 291 g/mol. The fourth-order valence-electron chi connectivity index (χ4n) is 2.54. The minimum absolute atomic E-state index is 0.765. The smallest absolute Gasteiger partial charge is 0.119 e. The lowest BCUT2D eigenvalue weighted by Gasteiger charge is -2.13. The van der Waals surface area contributed by atoms with Gasteiger partial charge in [0.15, 0.2) is 0 Å². The van der Waals surface area contributed by atoms with Gasteiger partial charge in [0.05, 0.1) is 12.3 Å². The number of ether oxygens (including phenoxy) is 1. The molecule has 0 spiro atoms. The molecule has 1 aliphatic heterocycles. The van der Waals surface area contributed by atoms with Crippen LogP contribution < -0.4 is 10.2 Å². The molecular formula is C16H25N3O2. The van der Waals surface area contributed by atoms with Crippen LogP contribution >= 0.6 is 0 Å². The third-order valence-corrected chi connectivity index (χ3v) is 3.69. The van der Waals surface area contributed by atoms with Crippen LogP contribution in [0.25, 0.3) is 0 Å².